The van der Waals surface area contributed by atoms with E-state index in [2.05, 4.69) is 0 Å². The van der Waals surface area contributed by atoms with Crippen LogP contribution in [0.1, 0.15) is 16.8 Å². The van der Waals surface area contributed by atoms with Crippen LogP contribution in [0.3, 0.4) is 0 Å². The summed E-state index contributed by atoms with van der Waals surface area (Å²) < 4.78 is 10.9. The van der Waals surface area contributed by atoms with Crippen LogP contribution in [-0.2, 0) is 4.74 Å². The number of carboxylic acids is 1. The molecule has 0 amide bonds. The minimum absolute atomic E-state index is 0.0368. The van der Waals surface area contributed by atoms with E-state index in [1.807, 2.05) is 12.3 Å². The molecule has 2 rings (SSSR count). The third kappa shape index (κ3) is 2.73. The molecule has 1 aliphatic heterocycles. The van der Waals surface area contributed by atoms with E-state index < -0.39 is 5.97 Å². The van der Waals surface area contributed by atoms with Crippen LogP contribution in [0.25, 0.3) is 0 Å². The first-order chi connectivity index (χ1) is 8.22. The predicted octanol–water partition coefficient (Wildman–Crippen LogP) is 2.27. The molecule has 0 spiro atoms. The number of carboxylic acid groups (broad SMARTS) is 1. The van der Waals surface area contributed by atoms with E-state index in [1.165, 1.54) is 11.8 Å². The number of thioether (sulfide) groups is 1. The average Bonchev–Trinajstić information content (AvgIpc) is 2.81. The van der Waals surface area contributed by atoms with Gasteiger partial charge >= 0.3 is 5.97 Å². The Balaban J connectivity index is 2.28. The molecule has 1 atom stereocenters. The van der Waals surface area contributed by atoms with Crippen molar-refractivity contribution in [3.05, 3.63) is 23.8 Å². The zero-order chi connectivity index (χ0) is 12.3. The van der Waals surface area contributed by atoms with E-state index in [4.69, 9.17) is 9.47 Å². The van der Waals surface area contributed by atoms with Crippen molar-refractivity contribution in [3.63, 3.8) is 0 Å². The topological polar surface area (TPSA) is 55.8 Å². The van der Waals surface area contributed by atoms with Crippen molar-refractivity contribution in [1.29, 1.82) is 0 Å². The van der Waals surface area contributed by atoms with E-state index in [1.54, 1.807) is 12.1 Å². The van der Waals surface area contributed by atoms with Crippen molar-refractivity contribution in [2.45, 2.75) is 17.4 Å². The molecule has 1 aliphatic rings. The molecule has 4 nitrogen and oxygen atoms in total. The molecule has 1 N–H and O–H groups in total. The lowest BCUT2D eigenvalue weighted by Gasteiger charge is -2.15. The molecule has 0 bridgehead atoms. The lowest BCUT2D eigenvalue weighted by molar-refractivity contribution is 0.0683. The van der Waals surface area contributed by atoms with Gasteiger partial charge in [0.25, 0.3) is 0 Å². The largest absolute Gasteiger partial charge is 0.487 e. The van der Waals surface area contributed by atoms with Crippen LogP contribution in [0.15, 0.2) is 23.1 Å². The lowest BCUT2D eigenvalue weighted by Crippen LogP contribution is -2.17. The molecule has 5 heteroatoms. The molecule has 0 aliphatic carbocycles. The highest BCUT2D eigenvalue weighted by Crippen LogP contribution is 2.30. The van der Waals surface area contributed by atoms with Crippen LogP contribution in [0.2, 0.25) is 0 Å². The summed E-state index contributed by atoms with van der Waals surface area (Å²) in [6.45, 7) is 1.21. The normalized spacial score (nSPS) is 19.2. The Morgan fingerprint density at radius 2 is 2.41 bits per heavy atom. The van der Waals surface area contributed by atoms with Crippen molar-refractivity contribution in [3.8, 4) is 5.75 Å². The number of hydrogen-bond acceptors (Lipinski definition) is 4. The van der Waals surface area contributed by atoms with Gasteiger partial charge in [-0.05, 0) is 18.4 Å². The summed E-state index contributed by atoms with van der Waals surface area (Å²) >= 11 is 1.40. The molecular weight excluding hydrogens is 240 g/mol. The summed E-state index contributed by atoms with van der Waals surface area (Å²) in [5, 5.41) is 9.23. The fraction of sp³-hybridized carbons (Fsp3) is 0.417. The highest BCUT2D eigenvalue weighted by atomic mass is 32.2. The van der Waals surface area contributed by atoms with Crippen molar-refractivity contribution in [2.75, 3.05) is 19.5 Å². The number of benzene rings is 1. The monoisotopic (exact) mass is 254 g/mol. The molecule has 1 aromatic rings. The smallest absolute Gasteiger partial charge is 0.340 e. The third-order valence-corrected chi connectivity index (χ3v) is 3.38. The molecule has 1 unspecified atom stereocenters. The van der Waals surface area contributed by atoms with E-state index in [-0.39, 0.29) is 11.7 Å². The molecule has 0 aromatic heterocycles. The molecular formula is C12H14O4S. The van der Waals surface area contributed by atoms with Crippen molar-refractivity contribution < 1.29 is 19.4 Å². The van der Waals surface area contributed by atoms with E-state index >= 15 is 0 Å². The molecule has 1 aromatic carbocycles. The minimum Gasteiger partial charge on any atom is -0.487 e. The van der Waals surface area contributed by atoms with Crippen LogP contribution in [0.4, 0.5) is 0 Å². The van der Waals surface area contributed by atoms with Gasteiger partial charge in [0.05, 0.1) is 13.2 Å². The Hall–Kier alpha value is -1.20. The maximum atomic E-state index is 11.3. The molecule has 0 radical (unpaired) electrons. The summed E-state index contributed by atoms with van der Waals surface area (Å²) in [5.74, 6) is -0.524. The fourth-order valence-corrected chi connectivity index (χ4v) is 2.38. The summed E-state index contributed by atoms with van der Waals surface area (Å²) in [5.41, 5.74) is 0.243. The Kier molecular flexibility index (Phi) is 3.91. The summed E-state index contributed by atoms with van der Waals surface area (Å²) in [6, 6.07) is 5.29. The Bertz CT molecular complexity index is 413. The standard InChI is InChI=1S/C12H14O4S/c1-17-10-4-2-3-9(11(10)12(13)14)16-8-5-6-15-7-8/h2-4,8H,5-7H2,1H3,(H,13,14). The van der Waals surface area contributed by atoms with Crippen LogP contribution in [0.5, 0.6) is 5.75 Å². The summed E-state index contributed by atoms with van der Waals surface area (Å²) in [6.07, 6.45) is 2.62. The first kappa shape index (κ1) is 12.3. The SMILES string of the molecule is CSc1cccc(OC2CCOC2)c1C(=O)O. The number of aromatic carboxylic acids is 1. The molecule has 92 valence electrons. The highest BCUT2D eigenvalue weighted by Gasteiger charge is 2.22. The quantitative estimate of drug-likeness (QED) is 0.835. The molecule has 0 saturated carbocycles. The number of hydrogen-bond donors (Lipinski definition) is 1. The maximum Gasteiger partial charge on any atom is 0.340 e. The van der Waals surface area contributed by atoms with Gasteiger partial charge in [-0.15, -0.1) is 11.8 Å². The van der Waals surface area contributed by atoms with E-state index in [0.29, 0.717) is 23.9 Å². The average molecular weight is 254 g/mol. The zero-order valence-electron chi connectivity index (χ0n) is 9.51. The van der Waals surface area contributed by atoms with Gasteiger partial charge < -0.3 is 14.6 Å². The fourth-order valence-electron chi connectivity index (χ4n) is 1.78. The van der Waals surface area contributed by atoms with Gasteiger partial charge in [-0.1, -0.05) is 6.07 Å². The van der Waals surface area contributed by atoms with Gasteiger partial charge in [-0.25, -0.2) is 4.79 Å². The van der Waals surface area contributed by atoms with E-state index in [9.17, 15) is 9.90 Å². The number of carbonyl (C=O) groups is 1. The van der Waals surface area contributed by atoms with Crippen LogP contribution >= 0.6 is 11.8 Å². The van der Waals surface area contributed by atoms with Gasteiger partial charge in [0.2, 0.25) is 0 Å². The maximum absolute atomic E-state index is 11.3. The van der Waals surface area contributed by atoms with Gasteiger partial charge in [0.15, 0.2) is 0 Å². The highest BCUT2D eigenvalue weighted by molar-refractivity contribution is 7.98. The Morgan fingerprint density at radius 1 is 1.59 bits per heavy atom. The second-order valence-electron chi connectivity index (χ2n) is 3.74. The van der Waals surface area contributed by atoms with Gasteiger partial charge in [-0.3, -0.25) is 0 Å². The van der Waals surface area contributed by atoms with Gasteiger partial charge in [0.1, 0.15) is 17.4 Å². The van der Waals surface area contributed by atoms with Crippen LogP contribution in [0, 0.1) is 0 Å². The number of rotatable bonds is 4. The molecule has 17 heavy (non-hydrogen) atoms. The van der Waals surface area contributed by atoms with Crippen molar-refractivity contribution in [1.82, 2.24) is 0 Å². The summed E-state index contributed by atoms with van der Waals surface area (Å²) in [7, 11) is 0. The predicted molar refractivity (Wildman–Crippen MR) is 65.0 cm³/mol. The second kappa shape index (κ2) is 5.42. The second-order valence-corrected chi connectivity index (χ2v) is 4.59. The van der Waals surface area contributed by atoms with E-state index in [0.717, 1.165) is 6.42 Å². The van der Waals surface area contributed by atoms with Gasteiger partial charge in [0, 0.05) is 11.3 Å². The van der Waals surface area contributed by atoms with Crippen LogP contribution in [-0.4, -0.2) is 36.6 Å². The molecule has 1 heterocycles. The summed E-state index contributed by atoms with van der Waals surface area (Å²) in [4.78, 5) is 12.0. The van der Waals surface area contributed by atoms with Crippen molar-refractivity contribution in [2.24, 2.45) is 0 Å². The molecule has 1 saturated heterocycles. The first-order valence-corrected chi connectivity index (χ1v) is 6.59. The molecule has 1 fully saturated rings. The lowest BCUT2D eigenvalue weighted by atomic mass is 10.2. The van der Waals surface area contributed by atoms with Crippen LogP contribution < -0.4 is 4.74 Å². The Labute approximate surface area is 104 Å². The van der Waals surface area contributed by atoms with Crippen molar-refractivity contribution >= 4 is 17.7 Å². The third-order valence-electron chi connectivity index (χ3n) is 2.60. The Morgan fingerprint density at radius 3 is 3.00 bits per heavy atom. The van der Waals surface area contributed by atoms with Gasteiger partial charge in [-0.2, -0.15) is 0 Å². The minimum atomic E-state index is -0.955. The zero-order valence-corrected chi connectivity index (χ0v) is 10.3. The first-order valence-electron chi connectivity index (χ1n) is 5.37. The number of ether oxygens (including phenoxy) is 2.